The van der Waals surface area contributed by atoms with Gasteiger partial charge in [0.15, 0.2) is 0 Å². The predicted octanol–water partition coefficient (Wildman–Crippen LogP) is 2.62. The second-order valence-corrected chi connectivity index (χ2v) is 1.93. The van der Waals surface area contributed by atoms with E-state index in [2.05, 4.69) is 41.8 Å². The Morgan fingerprint density at radius 1 is 0.450 bits per heavy atom. The minimum absolute atomic E-state index is 1.50. The largest absolute Gasteiger partial charge is 0.317 e. The zero-order chi connectivity index (χ0) is 16.5. The summed E-state index contributed by atoms with van der Waals surface area (Å²) in [6.45, 7) is 10.0. The summed E-state index contributed by atoms with van der Waals surface area (Å²) < 4.78 is 0. The quantitative estimate of drug-likeness (QED) is 0.550. The Kier molecular flexibility index (Phi) is 57.2. The molecule has 0 aliphatic rings. The van der Waals surface area contributed by atoms with Crippen LogP contribution in [0, 0.1) is 21.6 Å². The summed E-state index contributed by atoms with van der Waals surface area (Å²) in [5.74, 6) is 0. The maximum Gasteiger partial charge on any atom is 0.115 e. The van der Waals surface area contributed by atoms with Crippen molar-refractivity contribution in [3.8, 4) is 0 Å². The maximum atomic E-state index is 5.50. The van der Waals surface area contributed by atoms with Crippen LogP contribution in [0.25, 0.3) is 0 Å². The zero-order valence-corrected chi connectivity index (χ0v) is 11.4. The number of hydrogen-bond donors (Lipinski definition) is 4. The highest BCUT2D eigenvalue weighted by atomic mass is 14.8. The summed E-state index contributed by atoms with van der Waals surface area (Å²) in [6.07, 6.45) is 8.38. The molecule has 2 rings (SSSR count). The Morgan fingerprint density at radius 3 is 0.900 bits per heavy atom. The average Bonchev–Trinajstić information content (AvgIpc) is 2.65. The van der Waals surface area contributed by atoms with Crippen molar-refractivity contribution in [1.82, 2.24) is 15.0 Å². The van der Waals surface area contributed by atoms with Crippen molar-refractivity contribution in [2.24, 2.45) is 0 Å². The van der Waals surface area contributed by atoms with Crippen LogP contribution in [0.1, 0.15) is 0 Å². The molecule has 0 aromatic carbocycles. The van der Waals surface area contributed by atoms with Gasteiger partial charge in [0.1, 0.15) is 6.33 Å². The molecule has 4 N–H and O–H groups in total. The summed E-state index contributed by atoms with van der Waals surface area (Å²) >= 11 is 0. The fourth-order valence-electron chi connectivity index (χ4n) is 0.566. The van der Waals surface area contributed by atoms with E-state index in [1.54, 1.807) is 30.9 Å². The minimum Gasteiger partial charge on any atom is -0.317 e. The molecule has 0 spiro atoms. The molecule has 0 unspecified atom stereocenters. The second kappa shape index (κ2) is 44.6. The normalized spacial score (nSPS) is 5.60. The molecule has 7 nitrogen and oxygen atoms in total. The van der Waals surface area contributed by atoms with Crippen molar-refractivity contribution in [3.05, 3.63) is 55.4 Å². The smallest absolute Gasteiger partial charge is 0.115 e. The molecular formula is C13H21N7. The highest BCUT2D eigenvalue weighted by Crippen LogP contribution is 1.73. The Bertz CT molecular complexity index is 238. The molecule has 2 heterocycles. The molecule has 2 aromatic rings. The topological polar surface area (TPSA) is 134 Å². The van der Waals surface area contributed by atoms with E-state index in [1.807, 2.05) is 18.2 Å². The van der Waals surface area contributed by atoms with Gasteiger partial charge in [0.25, 0.3) is 0 Å². The van der Waals surface area contributed by atoms with Crippen LogP contribution in [0.2, 0.25) is 0 Å². The van der Waals surface area contributed by atoms with Crippen molar-refractivity contribution in [1.29, 1.82) is 21.6 Å². The third-order valence-corrected chi connectivity index (χ3v) is 1.04. The monoisotopic (exact) mass is 275 g/mol. The first kappa shape index (κ1) is 25.7. The molecule has 0 saturated carbocycles. The summed E-state index contributed by atoms with van der Waals surface area (Å²) in [7, 11) is 0. The maximum absolute atomic E-state index is 5.50. The van der Waals surface area contributed by atoms with E-state index in [-0.39, 0.29) is 0 Å². The summed E-state index contributed by atoms with van der Waals surface area (Å²) in [5.41, 5.74) is 0. The van der Waals surface area contributed by atoms with Gasteiger partial charge in [-0.1, -0.05) is 6.07 Å². The Hall–Kier alpha value is -3.09. The Balaban J connectivity index is -0.0000000863. The standard InChI is InChI=1S/C5H5N.C4H4N2.4CH3N/c1-2-4-6-5-3-1;1-2-5-4-6-3-1;4*1-2/h1-5H;1-4H;4*2H,1H2. The van der Waals surface area contributed by atoms with Crippen LogP contribution in [0.4, 0.5) is 0 Å². The van der Waals surface area contributed by atoms with E-state index in [4.69, 9.17) is 21.6 Å². The highest BCUT2D eigenvalue weighted by Gasteiger charge is 1.59. The first-order valence-electron chi connectivity index (χ1n) is 4.96. The van der Waals surface area contributed by atoms with Gasteiger partial charge in [-0.15, -0.1) is 0 Å². The fraction of sp³-hybridized carbons (Fsp3) is 0. The molecule has 0 amide bonds. The molecular weight excluding hydrogens is 254 g/mol. The number of nitrogens with zero attached hydrogens (tertiary/aromatic N) is 3. The lowest BCUT2D eigenvalue weighted by atomic mass is 10.5. The van der Waals surface area contributed by atoms with Gasteiger partial charge in [-0.3, -0.25) is 4.98 Å². The molecule has 0 fully saturated rings. The lowest BCUT2D eigenvalue weighted by molar-refractivity contribution is 1.17. The SMILES string of the molecule is C=N.C=N.C=N.C=N.c1ccncc1.c1cncnc1. The molecule has 108 valence electrons. The third kappa shape index (κ3) is 36.3. The summed E-state index contributed by atoms with van der Waals surface area (Å²) in [5, 5.41) is 22.0. The van der Waals surface area contributed by atoms with Gasteiger partial charge in [0.2, 0.25) is 0 Å². The van der Waals surface area contributed by atoms with Crippen LogP contribution in [0.15, 0.2) is 55.4 Å². The van der Waals surface area contributed by atoms with E-state index < -0.39 is 0 Å². The fourth-order valence-corrected chi connectivity index (χ4v) is 0.566. The van der Waals surface area contributed by atoms with E-state index in [1.165, 1.54) is 6.33 Å². The van der Waals surface area contributed by atoms with Crippen molar-refractivity contribution in [3.63, 3.8) is 0 Å². The summed E-state index contributed by atoms with van der Waals surface area (Å²) in [6, 6.07) is 7.49. The average molecular weight is 275 g/mol. The first-order valence-corrected chi connectivity index (χ1v) is 4.96. The Morgan fingerprint density at radius 2 is 0.800 bits per heavy atom. The van der Waals surface area contributed by atoms with Gasteiger partial charge in [-0.25, -0.2) is 9.97 Å². The molecule has 7 heteroatoms. The molecule has 2 aromatic heterocycles. The van der Waals surface area contributed by atoms with E-state index in [0.717, 1.165) is 0 Å². The lowest BCUT2D eigenvalue weighted by Gasteiger charge is -1.70. The van der Waals surface area contributed by atoms with Gasteiger partial charge in [0.05, 0.1) is 0 Å². The van der Waals surface area contributed by atoms with Crippen LogP contribution in [0.5, 0.6) is 0 Å². The van der Waals surface area contributed by atoms with Crippen molar-refractivity contribution in [2.75, 3.05) is 0 Å². The number of hydrogen-bond acceptors (Lipinski definition) is 7. The summed E-state index contributed by atoms with van der Waals surface area (Å²) in [4.78, 5) is 11.1. The number of aromatic nitrogens is 3. The van der Waals surface area contributed by atoms with Crippen LogP contribution in [0.3, 0.4) is 0 Å². The van der Waals surface area contributed by atoms with Gasteiger partial charge in [-0.2, -0.15) is 0 Å². The number of nitrogens with one attached hydrogen (secondary N) is 4. The Labute approximate surface area is 119 Å². The molecule has 0 atom stereocenters. The predicted molar refractivity (Wildman–Crippen MR) is 85.6 cm³/mol. The van der Waals surface area contributed by atoms with E-state index >= 15 is 0 Å². The number of rotatable bonds is 0. The van der Waals surface area contributed by atoms with E-state index in [9.17, 15) is 0 Å². The van der Waals surface area contributed by atoms with Crippen LogP contribution in [-0.4, -0.2) is 41.8 Å². The van der Waals surface area contributed by atoms with Gasteiger partial charge in [-0.05, 0) is 45.1 Å². The van der Waals surface area contributed by atoms with Crippen molar-refractivity contribution in [2.45, 2.75) is 0 Å². The molecule has 0 saturated heterocycles. The van der Waals surface area contributed by atoms with Crippen molar-refractivity contribution < 1.29 is 0 Å². The first-order chi connectivity index (χ1) is 10.0. The van der Waals surface area contributed by atoms with Crippen molar-refractivity contribution >= 4 is 26.9 Å². The minimum atomic E-state index is 1.50. The molecule has 0 bridgehead atoms. The molecule has 0 aliphatic heterocycles. The van der Waals surface area contributed by atoms with Crippen LogP contribution >= 0.6 is 0 Å². The molecule has 0 radical (unpaired) electrons. The molecule has 0 aliphatic carbocycles. The van der Waals surface area contributed by atoms with Gasteiger partial charge < -0.3 is 21.6 Å². The van der Waals surface area contributed by atoms with E-state index in [0.29, 0.717) is 0 Å². The zero-order valence-electron chi connectivity index (χ0n) is 11.4. The lowest BCUT2D eigenvalue weighted by Crippen LogP contribution is -1.66. The van der Waals surface area contributed by atoms with Gasteiger partial charge in [0, 0.05) is 24.8 Å². The second-order valence-electron chi connectivity index (χ2n) is 1.93. The van der Waals surface area contributed by atoms with Crippen LogP contribution < -0.4 is 0 Å². The van der Waals surface area contributed by atoms with Crippen LogP contribution in [-0.2, 0) is 0 Å². The van der Waals surface area contributed by atoms with Gasteiger partial charge >= 0.3 is 0 Å². The third-order valence-electron chi connectivity index (χ3n) is 1.04. The highest BCUT2D eigenvalue weighted by molar-refractivity contribution is 5.16. The number of pyridine rings is 1. The molecule has 20 heavy (non-hydrogen) atoms.